The lowest BCUT2D eigenvalue weighted by molar-refractivity contribution is -0.222. The Hall–Kier alpha value is -0.280. The van der Waals surface area contributed by atoms with E-state index in [1.807, 2.05) is 20.8 Å². The van der Waals surface area contributed by atoms with Gasteiger partial charge < -0.3 is 33.9 Å². The van der Waals surface area contributed by atoms with Gasteiger partial charge in [0, 0.05) is 13.5 Å². The predicted molar refractivity (Wildman–Crippen MR) is 229 cm³/mol. The molecular weight excluding hydrogens is 677 g/mol. The van der Waals surface area contributed by atoms with E-state index in [1.165, 1.54) is 12.8 Å². The van der Waals surface area contributed by atoms with Crippen LogP contribution in [0.1, 0.15) is 179 Å². The number of aliphatic hydroxyl groups is 2. The third-order valence-corrected chi connectivity index (χ3v) is 14.0. The number of hydrogen-bond donors (Lipinski definition) is 2. The molecule has 7 heteroatoms. The molecule has 0 saturated carbocycles. The summed E-state index contributed by atoms with van der Waals surface area (Å²) >= 11 is 0. The number of hydrogen-bond acceptors (Lipinski definition) is 7. The summed E-state index contributed by atoms with van der Waals surface area (Å²) in [6, 6.07) is 0. The van der Waals surface area contributed by atoms with E-state index in [0.29, 0.717) is 76.9 Å². The summed E-state index contributed by atoms with van der Waals surface area (Å²) in [6.07, 6.45) is 5.29. The summed E-state index contributed by atoms with van der Waals surface area (Å²) in [6.45, 7) is 46.2. The number of aliphatic hydroxyl groups excluding tert-OH is 2. The first-order valence-corrected chi connectivity index (χ1v) is 21.5. The van der Waals surface area contributed by atoms with Crippen LogP contribution < -0.4 is 0 Å². The van der Waals surface area contributed by atoms with Crippen molar-refractivity contribution in [3.63, 3.8) is 0 Å². The van der Waals surface area contributed by atoms with E-state index in [0.717, 1.165) is 12.8 Å². The number of rotatable bonds is 5. The van der Waals surface area contributed by atoms with Crippen LogP contribution in [0.3, 0.4) is 0 Å². The molecule has 326 valence electrons. The summed E-state index contributed by atoms with van der Waals surface area (Å²) in [7, 11) is 1.65. The molecule has 7 nitrogen and oxygen atoms in total. The molecule has 0 amide bonds. The Kier molecular flexibility index (Phi) is 21.5. The van der Waals surface area contributed by atoms with Crippen LogP contribution in [0, 0.1) is 51.8 Å². The average Bonchev–Trinajstić information content (AvgIpc) is 3.03. The molecule has 0 spiro atoms. The van der Waals surface area contributed by atoms with Gasteiger partial charge in [0.1, 0.15) is 6.10 Å². The molecular formula is C47H96O7. The first kappa shape index (κ1) is 53.7. The highest BCUT2D eigenvalue weighted by molar-refractivity contribution is 4.95. The first-order chi connectivity index (χ1) is 23.9. The summed E-state index contributed by atoms with van der Waals surface area (Å²) in [5, 5.41) is 19.8. The van der Waals surface area contributed by atoms with Crippen molar-refractivity contribution in [3.05, 3.63) is 0 Å². The van der Waals surface area contributed by atoms with Crippen LogP contribution >= 0.6 is 0 Å². The summed E-state index contributed by atoms with van der Waals surface area (Å²) < 4.78 is 28.9. The maximum Gasteiger partial charge on any atom is 0.109 e. The lowest BCUT2D eigenvalue weighted by Gasteiger charge is -2.46. The van der Waals surface area contributed by atoms with Crippen molar-refractivity contribution in [2.24, 2.45) is 51.8 Å². The lowest BCUT2D eigenvalue weighted by Crippen LogP contribution is -2.56. The molecule has 0 aromatic heterocycles. The van der Waals surface area contributed by atoms with Crippen LogP contribution in [0.4, 0.5) is 0 Å². The quantitative estimate of drug-likeness (QED) is 0.288. The van der Waals surface area contributed by atoms with Crippen LogP contribution in [0.15, 0.2) is 0 Å². The minimum Gasteiger partial charge on any atom is -0.390 e. The number of ether oxygens (including phenoxy) is 5. The normalized spacial score (nSPS) is 40.0. The second-order valence-electron chi connectivity index (χ2n) is 21.3. The van der Waals surface area contributed by atoms with Crippen molar-refractivity contribution in [1.29, 1.82) is 0 Å². The fourth-order valence-corrected chi connectivity index (χ4v) is 8.43. The van der Waals surface area contributed by atoms with Crippen LogP contribution in [-0.2, 0) is 23.7 Å². The van der Waals surface area contributed by atoms with Gasteiger partial charge in [0.2, 0.25) is 0 Å². The van der Waals surface area contributed by atoms with E-state index < -0.39 is 11.7 Å². The zero-order chi connectivity index (χ0) is 41.6. The minimum atomic E-state index is -0.539. The Labute approximate surface area is 337 Å². The zero-order valence-corrected chi connectivity index (χ0v) is 39.0. The fraction of sp³-hybridized carbons (Fsp3) is 1.00. The maximum absolute atomic E-state index is 9.95. The molecule has 4 fully saturated rings. The highest BCUT2D eigenvalue weighted by Gasteiger charge is 2.46. The highest BCUT2D eigenvalue weighted by atomic mass is 16.5. The standard InChI is InChI=1S/2C12H24O.C11H22O3.C11H22O2.CH4/c2*1-8(2)11-7-12(5,6)9(3)10(4)13-11;1-7(2)9-6-11(4,13-5)10(12)8(3)14-9;1-7(2)9-6-11(4,5)10(12)8(3)13-9;/h2*8-11H,7H2,1-6H3;7-10,12H,6H2,1-5H3;7-10,12H,6H2,1-5H3;1H4/t2*9-,10-,11+;8-,9-,10-,11-;8-,9+,10-;/m0010./s1. The highest BCUT2D eigenvalue weighted by Crippen LogP contribution is 2.43. The predicted octanol–water partition coefficient (Wildman–Crippen LogP) is 11.4. The van der Waals surface area contributed by atoms with Crippen LogP contribution in [-0.4, -0.2) is 84.0 Å². The summed E-state index contributed by atoms with van der Waals surface area (Å²) in [4.78, 5) is 0. The molecule has 0 bridgehead atoms. The molecule has 0 unspecified atom stereocenters. The Bertz CT molecular complexity index is 942. The second-order valence-corrected chi connectivity index (χ2v) is 21.3. The van der Waals surface area contributed by atoms with E-state index in [2.05, 4.69) is 125 Å². The Morgan fingerprint density at radius 2 is 0.704 bits per heavy atom. The van der Waals surface area contributed by atoms with E-state index >= 15 is 0 Å². The van der Waals surface area contributed by atoms with Gasteiger partial charge in [-0.1, -0.05) is 118 Å². The largest absolute Gasteiger partial charge is 0.390 e. The summed E-state index contributed by atoms with van der Waals surface area (Å²) in [5.74, 6) is 3.63. The van der Waals surface area contributed by atoms with Crippen molar-refractivity contribution in [3.8, 4) is 0 Å². The van der Waals surface area contributed by atoms with Gasteiger partial charge in [-0.15, -0.1) is 0 Å². The minimum absolute atomic E-state index is 0. The van der Waals surface area contributed by atoms with Gasteiger partial charge >= 0.3 is 0 Å². The van der Waals surface area contributed by atoms with Gasteiger partial charge in [0.05, 0.1) is 60.5 Å². The van der Waals surface area contributed by atoms with Crippen molar-refractivity contribution < 1.29 is 33.9 Å². The van der Waals surface area contributed by atoms with E-state index in [-0.39, 0.29) is 37.3 Å². The van der Waals surface area contributed by atoms with Gasteiger partial charge in [-0.2, -0.15) is 0 Å². The van der Waals surface area contributed by atoms with Gasteiger partial charge in [-0.25, -0.2) is 0 Å². The molecule has 4 aliphatic heterocycles. The van der Waals surface area contributed by atoms with Gasteiger partial charge in [-0.3, -0.25) is 0 Å². The summed E-state index contributed by atoms with van der Waals surface area (Å²) in [5.41, 5.74) is 0.401. The Balaban J connectivity index is 0.000000690. The third kappa shape index (κ3) is 14.8. The molecule has 0 aliphatic carbocycles. The van der Waals surface area contributed by atoms with Crippen molar-refractivity contribution in [2.45, 2.75) is 245 Å². The van der Waals surface area contributed by atoms with Crippen molar-refractivity contribution in [1.82, 2.24) is 0 Å². The maximum atomic E-state index is 9.95. The molecule has 54 heavy (non-hydrogen) atoms. The Morgan fingerprint density at radius 1 is 0.444 bits per heavy atom. The molecule has 13 atom stereocenters. The average molecular weight is 773 g/mol. The molecule has 4 heterocycles. The first-order valence-electron chi connectivity index (χ1n) is 21.5. The van der Waals surface area contributed by atoms with Crippen molar-refractivity contribution >= 4 is 0 Å². The molecule has 4 rings (SSSR count). The van der Waals surface area contributed by atoms with Gasteiger partial charge in [-0.05, 0) is 106 Å². The van der Waals surface area contributed by atoms with Crippen LogP contribution in [0.5, 0.6) is 0 Å². The molecule has 0 aromatic carbocycles. The van der Waals surface area contributed by atoms with Gasteiger partial charge in [0.15, 0.2) is 0 Å². The monoisotopic (exact) mass is 773 g/mol. The smallest absolute Gasteiger partial charge is 0.109 e. The van der Waals surface area contributed by atoms with Crippen molar-refractivity contribution in [2.75, 3.05) is 7.11 Å². The van der Waals surface area contributed by atoms with Crippen LogP contribution in [0.25, 0.3) is 0 Å². The topological polar surface area (TPSA) is 86.6 Å². The van der Waals surface area contributed by atoms with E-state index in [1.54, 1.807) is 7.11 Å². The van der Waals surface area contributed by atoms with Gasteiger partial charge in [0.25, 0.3) is 0 Å². The Morgan fingerprint density at radius 3 is 0.963 bits per heavy atom. The number of methoxy groups -OCH3 is 1. The fourth-order valence-electron chi connectivity index (χ4n) is 8.43. The molecule has 4 saturated heterocycles. The molecule has 0 radical (unpaired) electrons. The van der Waals surface area contributed by atoms with E-state index in [9.17, 15) is 10.2 Å². The third-order valence-electron chi connectivity index (χ3n) is 14.0. The van der Waals surface area contributed by atoms with E-state index in [4.69, 9.17) is 23.7 Å². The van der Waals surface area contributed by atoms with Crippen LogP contribution in [0.2, 0.25) is 0 Å². The molecule has 2 N–H and O–H groups in total. The SMILES string of the molecule is C.CC(C)[C@H]1CC(C)(C)[C@@H](C)[C@H](C)O1.CC(C)[C@H]1CC(C)(C)[C@@H](C)[C@H](C)O1.CC(C)[C@H]1CC(C)(C)[C@@H](O)[C@H](C)O1.CO[C@]1(C)C[C@H](C(C)C)O[C@H](C)[C@H]1O. The molecule has 4 aliphatic rings. The lowest BCUT2D eigenvalue weighted by atomic mass is 9.70. The second kappa shape index (κ2) is 21.6. The zero-order valence-electron chi connectivity index (χ0n) is 39.0. The molecule has 0 aromatic rings.